The Bertz CT molecular complexity index is 582. The number of benzene rings is 1. The molecule has 1 unspecified atom stereocenters. The van der Waals surface area contributed by atoms with Gasteiger partial charge in [-0.2, -0.15) is 0 Å². The molecule has 0 aromatic heterocycles. The summed E-state index contributed by atoms with van der Waals surface area (Å²) in [5, 5.41) is 1.63. The van der Waals surface area contributed by atoms with Gasteiger partial charge in [0.2, 0.25) is 5.91 Å². The van der Waals surface area contributed by atoms with Crippen molar-refractivity contribution >= 4 is 21.4 Å². The lowest BCUT2D eigenvalue weighted by Gasteiger charge is -2.16. The number of carbonyl (C=O) groups excluding carboxylic acids is 1. The molecule has 5 nitrogen and oxygen atoms in total. The zero-order valence-corrected chi connectivity index (χ0v) is 13.0. The fraction of sp³-hybridized carbons (Fsp3) is 0.500. The fourth-order valence-corrected chi connectivity index (χ4v) is 3.00. The first-order valence-electron chi connectivity index (χ1n) is 6.64. The molecule has 1 amide bonds. The number of sulfone groups is 1. The van der Waals surface area contributed by atoms with Crippen LogP contribution in [0.25, 0.3) is 0 Å². The zero-order chi connectivity index (χ0) is 15.3. The van der Waals surface area contributed by atoms with E-state index >= 15 is 0 Å². The second-order valence-corrected chi connectivity index (χ2v) is 7.19. The van der Waals surface area contributed by atoms with Crippen LogP contribution in [0.3, 0.4) is 0 Å². The van der Waals surface area contributed by atoms with E-state index in [0.29, 0.717) is 5.69 Å². The number of hydrogen-bond acceptors (Lipinski definition) is 4. The Labute approximate surface area is 120 Å². The van der Waals surface area contributed by atoms with E-state index in [0.717, 1.165) is 17.5 Å². The van der Waals surface area contributed by atoms with Crippen LogP contribution in [0.2, 0.25) is 0 Å². The first-order valence-corrected chi connectivity index (χ1v) is 8.36. The SMILES string of the molecule is CCc1cccc(C)c1NC(=O)C(C)S(=O)(=O)CCN. The highest BCUT2D eigenvalue weighted by Crippen LogP contribution is 2.21. The number of hydrogen-bond donors (Lipinski definition) is 2. The van der Waals surface area contributed by atoms with Crippen LogP contribution in [0.1, 0.15) is 25.0 Å². The second-order valence-electron chi connectivity index (χ2n) is 4.75. The van der Waals surface area contributed by atoms with Crippen LogP contribution in [-0.2, 0) is 21.1 Å². The molecule has 0 saturated carbocycles. The molecule has 0 heterocycles. The quantitative estimate of drug-likeness (QED) is 0.827. The predicted octanol–water partition coefficient (Wildman–Crippen LogP) is 1.26. The van der Waals surface area contributed by atoms with Gasteiger partial charge < -0.3 is 11.1 Å². The Morgan fingerprint density at radius 1 is 1.40 bits per heavy atom. The molecule has 1 rings (SSSR count). The number of carbonyl (C=O) groups is 1. The Kier molecular flexibility index (Phi) is 5.71. The summed E-state index contributed by atoms with van der Waals surface area (Å²) in [5.41, 5.74) is 7.87. The summed E-state index contributed by atoms with van der Waals surface area (Å²) in [6.07, 6.45) is 0.765. The topological polar surface area (TPSA) is 89.3 Å². The molecule has 0 radical (unpaired) electrons. The van der Waals surface area contributed by atoms with Gasteiger partial charge in [-0.1, -0.05) is 25.1 Å². The minimum atomic E-state index is -3.50. The molecule has 0 fully saturated rings. The lowest BCUT2D eigenvalue weighted by atomic mass is 10.1. The summed E-state index contributed by atoms with van der Waals surface area (Å²) in [6.45, 7) is 5.28. The molecule has 112 valence electrons. The molecular weight excluding hydrogens is 276 g/mol. The highest BCUT2D eigenvalue weighted by molar-refractivity contribution is 7.92. The number of aryl methyl sites for hydroxylation is 2. The van der Waals surface area contributed by atoms with Gasteiger partial charge in [0.15, 0.2) is 9.84 Å². The van der Waals surface area contributed by atoms with Crippen molar-refractivity contribution in [2.75, 3.05) is 17.6 Å². The summed E-state index contributed by atoms with van der Waals surface area (Å²) in [7, 11) is -3.50. The van der Waals surface area contributed by atoms with Crippen LogP contribution in [-0.4, -0.2) is 31.9 Å². The molecule has 0 spiro atoms. The minimum Gasteiger partial charge on any atom is -0.329 e. The van der Waals surface area contributed by atoms with E-state index in [9.17, 15) is 13.2 Å². The summed E-state index contributed by atoms with van der Waals surface area (Å²) >= 11 is 0. The molecule has 0 saturated heterocycles. The van der Waals surface area contributed by atoms with Crippen molar-refractivity contribution < 1.29 is 13.2 Å². The lowest BCUT2D eigenvalue weighted by Crippen LogP contribution is -2.36. The molecule has 20 heavy (non-hydrogen) atoms. The molecule has 1 aromatic carbocycles. The molecule has 3 N–H and O–H groups in total. The lowest BCUT2D eigenvalue weighted by molar-refractivity contribution is -0.115. The average Bonchev–Trinajstić information content (AvgIpc) is 2.39. The molecule has 0 aliphatic carbocycles. The molecule has 6 heteroatoms. The van der Waals surface area contributed by atoms with Gasteiger partial charge in [0.1, 0.15) is 5.25 Å². The van der Waals surface area contributed by atoms with Crippen molar-refractivity contribution in [3.05, 3.63) is 29.3 Å². The zero-order valence-electron chi connectivity index (χ0n) is 12.1. The van der Waals surface area contributed by atoms with Crippen LogP contribution >= 0.6 is 0 Å². The Morgan fingerprint density at radius 2 is 2.05 bits per heavy atom. The van der Waals surface area contributed by atoms with Crippen molar-refractivity contribution in [1.29, 1.82) is 0 Å². The third-order valence-corrected chi connectivity index (χ3v) is 5.39. The van der Waals surface area contributed by atoms with Crippen molar-refractivity contribution in [2.45, 2.75) is 32.4 Å². The van der Waals surface area contributed by atoms with E-state index in [2.05, 4.69) is 5.32 Å². The monoisotopic (exact) mass is 298 g/mol. The van der Waals surface area contributed by atoms with Gasteiger partial charge in [0, 0.05) is 12.2 Å². The maximum Gasteiger partial charge on any atom is 0.242 e. The highest BCUT2D eigenvalue weighted by atomic mass is 32.2. The normalized spacial score (nSPS) is 13.0. The third-order valence-electron chi connectivity index (χ3n) is 3.30. The van der Waals surface area contributed by atoms with Crippen LogP contribution in [0, 0.1) is 6.92 Å². The summed E-state index contributed by atoms with van der Waals surface area (Å²) in [6, 6.07) is 5.72. The summed E-state index contributed by atoms with van der Waals surface area (Å²) in [5.74, 6) is -0.696. The number of nitrogens with one attached hydrogen (secondary N) is 1. The first kappa shape index (κ1) is 16.7. The van der Waals surface area contributed by atoms with Crippen LogP contribution < -0.4 is 11.1 Å². The molecule has 0 aliphatic rings. The van der Waals surface area contributed by atoms with E-state index in [1.807, 2.05) is 32.0 Å². The number of anilines is 1. The predicted molar refractivity (Wildman–Crippen MR) is 81.5 cm³/mol. The molecule has 0 aliphatic heterocycles. The third kappa shape index (κ3) is 3.80. The number of nitrogens with two attached hydrogens (primary N) is 1. The van der Waals surface area contributed by atoms with Gasteiger partial charge in [0.25, 0.3) is 0 Å². The van der Waals surface area contributed by atoms with Crippen molar-refractivity contribution in [3.8, 4) is 0 Å². The second kappa shape index (κ2) is 6.85. The van der Waals surface area contributed by atoms with Gasteiger partial charge in [-0.15, -0.1) is 0 Å². The van der Waals surface area contributed by atoms with E-state index in [-0.39, 0.29) is 12.3 Å². The van der Waals surface area contributed by atoms with Crippen molar-refractivity contribution in [2.24, 2.45) is 5.73 Å². The molecular formula is C14H22N2O3S. The molecule has 1 aromatic rings. The van der Waals surface area contributed by atoms with Crippen molar-refractivity contribution in [1.82, 2.24) is 0 Å². The van der Waals surface area contributed by atoms with E-state index in [1.165, 1.54) is 6.92 Å². The summed E-state index contributed by atoms with van der Waals surface area (Å²) < 4.78 is 23.7. The first-order chi connectivity index (χ1) is 9.33. The standard InChI is InChI=1S/C14H22N2O3S/c1-4-12-7-5-6-10(2)13(12)16-14(17)11(3)20(18,19)9-8-15/h5-7,11H,4,8-9,15H2,1-3H3,(H,16,17). The minimum absolute atomic E-state index is 0.0184. The average molecular weight is 298 g/mol. The van der Waals surface area contributed by atoms with Gasteiger partial charge in [-0.25, -0.2) is 8.42 Å². The van der Waals surface area contributed by atoms with Crippen LogP contribution in [0.15, 0.2) is 18.2 Å². The number of amides is 1. The fourth-order valence-electron chi connectivity index (χ4n) is 1.93. The van der Waals surface area contributed by atoms with E-state index in [4.69, 9.17) is 5.73 Å². The van der Waals surface area contributed by atoms with Crippen LogP contribution in [0.4, 0.5) is 5.69 Å². The Hall–Kier alpha value is -1.40. The van der Waals surface area contributed by atoms with Gasteiger partial charge in [-0.05, 0) is 31.4 Å². The maximum atomic E-state index is 12.1. The highest BCUT2D eigenvalue weighted by Gasteiger charge is 2.27. The van der Waals surface area contributed by atoms with E-state index < -0.39 is 21.0 Å². The molecule has 1 atom stereocenters. The Morgan fingerprint density at radius 3 is 2.60 bits per heavy atom. The Balaban J connectivity index is 2.97. The molecule has 0 bridgehead atoms. The van der Waals surface area contributed by atoms with Crippen LogP contribution in [0.5, 0.6) is 0 Å². The van der Waals surface area contributed by atoms with Gasteiger partial charge >= 0.3 is 0 Å². The number of para-hydroxylation sites is 1. The number of rotatable bonds is 6. The van der Waals surface area contributed by atoms with E-state index in [1.54, 1.807) is 0 Å². The smallest absolute Gasteiger partial charge is 0.242 e. The van der Waals surface area contributed by atoms with Gasteiger partial charge in [-0.3, -0.25) is 4.79 Å². The largest absolute Gasteiger partial charge is 0.329 e. The van der Waals surface area contributed by atoms with Gasteiger partial charge in [0.05, 0.1) is 5.75 Å². The summed E-state index contributed by atoms with van der Waals surface area (Å²) in [4.78, 5) is 12.1. The van der Waals surface area contributed by atoms with Crippen molar-refractivity contribution in [3.63, 3.8) is 0 Å². The maximum absolute atomic E-state index is 12.1.